The van der Waals surface area contributed by atoms with E-state index in [1.165, 1.54) is 0 Å². The molecule has 0 saturated carbocycles. The van der Waals surface area contributed by atoms with E-state index in [1.807, 2.05) is 36.0 Å². The number of alkyl halides is 1. The highest BCUT2D eigenvalue weighted by atomic mass is 79.9. The van der Waals surface area contributed by atoms with E-state index < -0.39 is 0 Å². The summed E-state index contributed by atoms with van der Waals surface area (Å²) in [6.45, 7) is 0.734. The van der Waals surface area contributed by atoms with Gasteiger partial charge in [-0.15, -0.1) is 11.6 Å². The highest BCUT2D eigenvalue weighted by Crippen LogP contribution is 2.17. The lowest BCUT2D eigenvalue weighted by atomic mass is 10.3. The Labute approximate surface area is 102 Å². The van der Waals surface area contributed by atoms with Gasteiger partial charge in [0.05, 0.1) is 6.61 Å². The molecule has 0 spiro atoms. The fourth-order valence-corrected chi connectivity index (χ4v) is 2.15. The van der Waals surface area contributed by atoms with Crippen molar-refractivity contribution < 1.29 is 4.74 Å². The number of benzene rings is 1. The molecule has 1 aromatic rings. The molecule has 0 amide bonds. The first kappa shape index (κ1) is 12.2. The van der Waals surface area contributed by atoms with Gasteiger partial charge in [-0.05, 0) is 18.2 Å². The van der Waals surface area contributed by atoms with Crippen LogP contribution in [0.5, 0.6) is 5.75 Å². The van der Waals surface area contributed by atoms with E-state index in [2.05, 4.69) is 15.9 Å². The van der Waals surface area contributed by atoms with Crippen LogP contribution in [0.4, 0.5) is 0 Å². The van der Waals surface area contributed by atoms with Crippen molar-refractivity contribution in [1.82, 2.24) is 0 Å². The zero-order chi connectivity index (χ0) is 10.2. The molecule has 14 heavy (non-hydrogen) atoms. The standard InChI is InChI=1S/C10H12BrClOS/c11-9-2-1-3-10(8-9)13-5-7-14-6-4-12/h1-3,8H,4-7H2. The van der Waals surface area contributed by atoms with Crippen LogP contribution in [0.1, 0.15) is 0 Å². The zero-order valence-corrected chi connectivity index (χ0v) is 10.9. The first-order chi connectivity index (χ1) is 6.83. The number of thioether (sulfide) groups is 1. The zero-order valence-electron chi connectivity index (χ0n) is 7.71. The Morgan fingerprint density at radius 3 is 2.93 bits per heavy atom. The minimum atomic E-state index is 0.710. The summed E-state index contributed by atoms with van der Waals surface area (Å²) >= 11 is 10.8. The van der Waals surface area contributed by atoms with Gasteiger partial charge in [0, 0.05) is 21.9 Å². The Kier molecular flexibility index (Phi) is 6.48. The average Bonchev–Trinajstić information content (AvgIpc) is 2.18. The summed E-state index contributed by atoms with van der Waals surface area (Å²) in [6, 6.07) is 7.86. The van der Waals surface area contributed by atoms with Gasteiger partial charge < -0.3 is 4.74 Å². The van der Waals surface area contributed by atoms with Crippen LogP contribution in [0.15, 0.2) is 28.7 Å². The molecule has 0 radical (unpaired) electrons. The van der Waals surface area contributed by atoms with Crippen molar-refractivity contribution in [3.63, 3.8) is 0 Å². The average molecular weight is 296 g/mol. The molecule has 78 valence electrons. The van der Waals surface area contributed by atoms with Gasteiger partial charge in [0.15, 0.2) is 0 Å². The van der Waals surface area contributed by atoms with Gasteiger partial charge in [0.25, 0.3) is 0 Å². The quantitative estimate of drug-likeness (QED) is 0.583. The van der Waals surface area contributed by atoms with Crippen LogP contribution in [0.25, 0.3) is 0 Å². The molecule has 0 aromatic heterocycles. The predicted octanol–water partition coefficient (Wildman–Crippen LogP) is 3.80. The van der Waals surface area contributed by atoms with Crippen LogP contribution >= 0.6 is 39.3 Å². The number of rotatable bonds is 6. The molecular formula is C10H12BrClOS. The molecule has 0 aliphatic carbocycles. The van der Waals surface area contributed by atoms with Gasteiger partial charge in [-0.3, -0.25) is 0 Å². The van der Waals surface area contributed by atoms with Gasteiger partial charge >= 0.3 is 0 Å². The van der Waals surface area contributed by atoms with E-state index in [0.29, 0.717) is 5.88 Å². The second-order valence-electron chi connectivity index (χ2n) is 2.61. The van der Waals surface area contributed by atoms with Crippen molar-refractivity contribution >= 4 is 39.3 Å². The monoisotopic (exact) mass is 294 g/mol. The number of hydrogen-bond donors (Lipinski definition) is 0. The molecular weight excluding hydrogens is 284 g/mol. The fraction of sp³-hybridized carbons (Fsp3) is 0.400. The number of ether oxygens (including phenoxy) is 1. The third kappa shape index (κ3) is 5.13. The molecule has 0 unspecified atom stereocenters. The largest absolute Gasteiger partial charge is 0.493 e. The van der Waals surface area contributed by atoms with Gasteiger partial charge in [0.2, 0.25) is 0 Å². The first-order valence-electron chi connectivity index (χ1n) is 4.35. The molecule has 1 aromatic carbocycles. The van der Waals surface area contributed by atoms with Crippen molar-refractivity contribution in [2.75, 3.05) is 24.0 Å². The second kappa shape index (κ2) is 7.43. The molecule has 0 heterocycles. The highest BCUT2D eigenvalue weighted by Gasteiger charge is 1.94. The van der Waals surface area contributed by atoms with E-state index >= 15 is 0 Å². The second-order valence-corrected chi connectivity index (χ2v) is 5.13. The van der Waals surface area contributed by atoms with E-state index in [1.54, 1.807) is 0 Å². The molecule has 0 saturated heterocycles. The van der Waals surface area contributed by atoms with Crippen LogP contribution in [0.3, 0.4) is 0 Å². The maximum atomic E-state index is 5.55. The molecule has 0 fully saturated rings. The van der Waals surface area contributed by atoms with Crippen LogP contribution in [-0.2, 0) is 0 Å². The van der Waals surface area contributed by atoms with Crippen LogP contribution in [0.2, 0.25) is 0 Å². The lowest BCUT2D eigenvalue weighted by Crippen LogP contribution is -2.00. The summed E-state index contributed by atoms with van der Waals surface area (Å²) in [5.74, 6) is 3.59. The summed E-state index contributed by atoms with van der Waals surface area (Å²) in [7, 11) is 0. The lowest BCUT2D eigenvalue weighted by Gasteiger charge is -2.05. The SMILES string of the molecule is ClCCSCCOc1cccc(Br)c1. The Morgan fingerprint density at radius 2 is 2.21 bits per heavy atom. The summed E-state index contributed by atoms with van der Waals surface area (Å²) in [5, 5.41) is 0. The molecule has 0 atom stereocenters. The fourth-order valence-electron chi connectivity index (χ4n) is 0.932. The molecule has 4 heteroatoms. The summed E-state index contributed by atoms with van der Waals surface area (Å²) in [4.78, 5) is 0. The topological polar surface area (TPSA) is 9.23 Å². The van der Waals surface area contributed by atoms with E-state index in [0.717, 1.165) is 28.3 Å². The predicted molar refractivity (Wildman–Crippen MR) is 67.7 cm³/mol. The Morgan fingerprint density at radius 1 is 1.36 bits per heavy atom. The number of hydrogen-bond acceptors (Lipinski definition) is 2. The Bertz CT molecular complexity index is 270. The molecule has 1 nitrogen and oxygen atoms in total. The Balaban J connectivity index is 2.18. The van der Waals surface area contributed by atoms with Crippen molar-refractivity contribution in [2.24, 2.45) is 0 Å². The maximum absolute atomic E-state index is 5.55. The van der Waals surface area contributed by atoms with Gasteiger partial charge in [0.1, 0.15) is 5.75 Å². The molecule has 1 rings (SSSR count). The normalized spacial score (nSPS) is 10.1. The molecule has 0 N–H and O–H groups in total. The van der Waals surface area contributed by atoms with Crippen molar-refractivity contribution in [3.05, 3.63) is 28.7 Å². The third-order valence-corrected chi connectivity index (χ3v) is 3.37. The van der Waals surface area contributed by atoms with E-state index in [9.17, 15) is 0 Å². The minimum absolute atomic E-state index is 0.710. The smallest absolute Gasteiger partial charge is 0.120 e. The summed E-state index contributed by atoms with van der Waals surface area (Å²) < 4.78 is 6.58. The maximum Gasteiger partial charge on any atom is 0.120 e. The van der Waals surface area contributed by atoms with Crippen molar-refractivity contribution in [2.45, 2.75) is 0 Å². The first-order valence-corrected chi connectivity index (χ1v) is 6.83. The highest BCUT2D eigenvalue weighted by molar-refractivity contribution is 9.10. The van der Waals surface area contributed by atoms with E-state index in [-0.39, 0.29) is 0 Å². The molecule has 0 bridgehead atoms. The molecule has 0 aliphatic heterocycles. The van der Waals surface area contributed by atoms with E-state index in [4.69, 9.17) is 16.3 Å². The van der Waals surface area contributed by atoms with Crippen LogP contribution in [-0.4, -0.2) is 24.0 Å². The van der Waals surface area contributed by atoms with Crippen molar-refractivity contribution in [1.29, 1.82) is 0 Å². The van der Waals surface area contributed by atoms with Crippen LogP contribution < -0.4 is 4.74 Å². The summed E-state index contributed by atoms with van der Waals surface area (Å²) in [5.41, 5.74) is 0. The van der Waals surface area contributed by atoms with Gasteiger partial charge in [-0.25, -0.2) is 0 Å². The number of halogens is 2. The van der Waals surface area contributed by atoms with Crippen LogP contribution in [0, 0.1) is 0 Å². The summed E-state index contributed by atoms with van der Waals surface area (Å²) in [6.07, 6.45) is 0. The lowest BCUT2D eigenvalue weighted by molar-refractivity contribution is 0.344. The van der Waals surface area contributed by atoms with Gasteiger partial charge in [-0.1, -0.05) is 22.0 Å². The Hall–Kier alpha value is 0.140. The van der Waals surface area contributed by atoms with Gasteiger partial charge in [-0.2, -0.15) is 11.8 Å². The minimum Gasteiger partial charge on any atom is -0.493 e. The third-order valence-electron chi connectivity index (χ3n) is 1.51. The molecule has 0 aliphatic rings. The van der Waals surface area contributed by atoms with Crippen molar-refractivity contribution in [3.8, 4) is 5.75 Å².